The Hall–Kier alpha value is -3.54. The van der Waals surface area contributed by atoms with Crippen LogP contribution in [0.4, 0.5) is 5.69 Å². The number of aromatic nitrogens is 1. The molecule has 2 aromatic carbocycles. The Bertz CT molecular complexity index is 1250. The molecular weight excluding hydrogens is 436 g/mol. The van der Waals surface area contributed by atoms with E-state index in [9.17, 15) is 4.79 Å². The Morgan fingerprint density at radius 3 is 2.54 bits per heavy atom. The molecule has 0 bridgehead atoms. The number of anilines is 1. The van der Waals surface area contributed by atoms with E-state index in [1.165, 1.54) is 11.3 Å². The second kappa shape index (κ2) is 9.61. The maximum absolute atomic E-state index is 12.8. The first-order valence-electron chi connectivity index (χ1n) is 12.2. The predicted molar refractivity (Wildman–Crippen MR) is 143 cm³/mol. The van der Waals surface area contributed by atoms with Crippen LogP contribution in [0.15, 0.2) is 53.6 Å². The van der Waals surface area contributed by atoms with E-state index in [1.807, 2.05) is 18.2 Å². The summed E-state index contributed by atoms with van der Waals surface area (Å²) in [6, 6.07) is 16.0. The number of hydrazone groups is 1. The minimum absolute atomic E-state index is 0.0853. The molecule has 0 fully saturated rings. The maximum atomic E-state index is 12.8. The molecule has 184 valence electrons. The van der Waals surface area contributed by atoms with E-state index in [1.54, 1.807) is 19.4 Å². The first kappa shape index (κ1) is 24.6. The number of carbonyl (C=O) groups excluding carboxylic acids is 1. The van der Waals surface area contributed by atoms with E-state index in [2.05, 4.69) is 85.8 Å². The number of amides is 1. The van der Waals surface area contributed by atoms with Crippen molar-refractivity contribution in [1.82, 2.24) is 9.99 Å². The smallest absolute Gasteiger partial charge is 0.271 e. The summed E-state index contributed by atoms with van der Waals surface area (Å²) in [6.07, 6.45) is 2.74. The lowest BCUT2D eigenvalue weighted by atomic mass is 9.79. The van der Waals surface area contributed by atoms with Crippen molar-refractivity contribution in [3.63, 3.8) is 0 Å². The van der Waals surface area contributed by atoms with Gasteiger partial charge >= 0.3 is 0 Å². The summed E-state index contributed by atoms with van der Waals surface area (Å²) in [4.78, 5) is 15.3. The van der Waals surface area contributed by atoms with Gasteiger partial charge in [-0.15, -0.1) is 0 Å². The number of benzene rings is 2. The van der Waals surface area contributed by atoms with Crippen LogP contribution in [0.5, 0.6) is 5.75 Å². The molecule has 1 aromatic heterocycles. The van der Waals surface area contributed by atoms with Gasteiger partial charge in [-0.2, -0.15) is 5.10 Å². The summed E-state index contributed by atoms with van der Waals surface area (Å²) >= 11 is 0. The van der Waals surface area contributed by atoms with E-state index in [0.29, 0.717) is 11.5 Å². The van der Waals surface area contributed by atoms with Crippen LogP contribution in [-0.4, -0.2) is 35.9 Å². The van der Waals surface area contributed by atoms with Crippen LogP contribution in [0.1, 0.15) is 72.9 Å². The van der Waals surface area contributed by atoms with E-state index in [0.717, 1.165) is 41.4 Å². The number of rotatable bonds is 6. The molecule has 6 heteroatoms. The van der Waals surface area contributed by atoms with Crippen LogP contribution in [0.3, 0.4) is 0 Å². The van der Waals surface area contributed by atoms with Gasteiger partial charge in [0.25, 0.3) is 5.91 Å². The minimum atomic E-state index is -0.255. The van der Waals surface area contributed by atoms with Gasteiger partial charge < -0.3 is 14.2 Å². The lowest BCUT2D eigenvalue weighted by molar-refractivity contribution is 0.0955. The van der Waals surface area contributed by atoms with E-state index < -0.39 is 0 Å². The van der Waals surface area contributed by atoms with Crippen LogP contribution >= 0.6 is 0 Å². The fourth-order valence-electron chi connectivity index (χ4n) is 5.49. The number of ether oxygens (including phenoxy) is 1. The van der Waals surface area contributed by atoms with Crippen molar-refractivity contribution in [2.45, 2.75) is 59.4 Å². The van der Waals surface area contributed by atoms with E-state index in [4.69, 9.17) is 4.74 Å². The molecule has 0 saturated carbocycles. The molecular formula is C29H36N4O2. The first-order chi connectivity index (χ1) is 16.7. The third-order valence-corrected chi connectivity index (χ3v) is 7.06. The van der Waals surface area contributed by atoms with Gasteiger partial charge in [-0.3, -0.25) is 4.79 Å². The zero-order valence-corrected chi connectivity index (χ0v) is 21.8. The standard InChI is InChI=1S/C29H36N4O2/c1-8-32-26-16-27(35-7)23(15-25(26)19(2)17-29(32,5)6)18-30-31-28(34)22-10-9-11-24(14-22)33-20(3)12-13-21(33)4/h9-16,18-19H,8,17H2,1-7H3,(H,31,34)/b30-18-. The van der Waals surface area contributed by atoms with Crippen molar-refractivity contribution in [3.05, 3.63) is 76.6 Å². The SMILES string of the molecule is CCN1c2cc(OC)c(/C=N\NC(=O)c3cccc(-n4c(C)ccc4C)c3)cc2C(C)CC1(C)C. The largest absolute Gasteiger partial charge is 0.496 e. The summed E-state index contributed by atoms with van der Waals surface area (Å²) in [5.41, 5.74) is 9.86. The highest BCUT2D eigenvalue weighted by Gasteiger charge is 2.36. The zero-order valence-electron chi connectivity index (χ0n) is 21.8. The van der Waals surface area contributed by atoms with Crippen molar-refractivity contribution < 1.29 is 9.53 Å². The quantitative estimate of drug-likeness (QED) is 0.355. The van der Waals surface area contributed by atoms with Crippen LogP contribution in [0, 0.1) is 13.8 Å². The van der Waals surface area contributed by atoms with Crippen molar-refractivity contribution in [3.8, 4) is 11.4 Å². The highest BCUT2D eigenvalue weighted by Crippen LogP contribution is 2.45. The number of carbonyl (C=O) groups is 1. The second-order valence-corrected chi connectivity index (χ2v) is 10.0. The number of aryl methyl sites for hydroxylation is 2. The molecule has 0 aliphatic carbocycles. The van der Waals surface area contributed by atoms with Gasteiger partial charge in [-0.1, -0.05) is 13.0 Å². The third-order valence-electron chi connectivity index (χ3n) is 7.06. The zero-order chi connectivity index (χ0) is 25.3. The summed E-state index contributed by atoms with van der Waals surface area (Å²) in [7, 11) is 1.67. The Labute approximate surface area is 208 Å². The van der Waals surface area contributed by atoms with Crippen LogP contribution < -0.4 is 15.1 Å². The topological polar surface area (TPSA) is 58.9 Å². The average Bonchev–Trinajstić information content (AvgIpc) is 3.16. The Kier molecular flexibility index (Phi) is 6.75. The van der Waals surface area contributed by atoms with E-state index in [-0.39, 0.29) is 11.4 Å². The lowest BCUT2D eigenvalue weighted by Gasteiger charge is -2.47. The highest BCUT2D eigenvalue weighted by atomic mass is 16.5. The number of methoxy groups -OCH3 is 1. The number of nitrogens with one attached hydrogen (secondary N) is 1. The Balaban J connectivity index is 1.57. The molecule has 35 heavy (non-hydrogen) atoms. The third kappa shape index (κ3) is 4.70. The summed E-state index contributed by atoms with van der Waals surface area (Å²) in [5.74, 6) is 0.902. The molecule has 0 saturated heterocycles. The molecule has 1 unspecified atom stereocenters. The summed E-state index contributed by atoms with van der Waals surface area (Å²) in [6.45, 7) is 14.1. The van der Waals surface area contributed by atoms with Gasteiger partial charge in [0.2, 0.25) is 0 Å². The lowest BCUT2D eigenvalue weighted by Crippen LogP contribution is -2.48. The van der Waals surface area contributed by atoms with Gasteiger partial charge in [0.1, 0.15) is 5.75 Å². The van der Waals surface area contributed by atoms with Crippen molar-refractivity contribution in [2.24, 2.45) is 5.10 Å². The predicted octanol–water partition coefficient (Wildman–Crippen LogP) is 5.98. The first-order valence-corrected chi connectivity index (χ1v) is 12.2. The van der Waals surface area contributed by atoms with Crippen molar-refractivity contribution in [2.75, 3.05) is 18.6 Å². The molecule has 1 aliphatic heterocycles. The second-order valence-electron chi connectivity index (χ2n) is 10.0. The van der Waals surface area contributed by atoms with Crippen LogP contribution in [-0.2, 0) is 0 Å². The van der Waals surface area contributed by atoms with Gasteiger partial charge in [-0.05, 0) is 88.9 Å². The van der Waals surface area contributed by atoms with Crippen LogP contribution in [0.2, 0.25) is 0 Å². The fraction of sp³-hybridized carbons (Fsp3) is 0.379. The highest BCUT2D eigenvalue weighted by molar-refractivity contribution is 5.95. The molecule has 1 aliphatic rings. The van der Waals surface area contributed by atoms with Crippen molar-refractivity contribution >= 4 is 17.8 Å². The minimum Gasteiger partial charge on any atom is -0.496 e. The molecule has 6 nitrogen and oxygen atoms in total. The number of fused-ring (bicyclic) bond motifs is 1. The molecule has 0 radical (unpaired) electrons. The molecule has 1 atom stereocenters. The van der Waals surface area contributed by atoms with Gasteiger partial charge in [0.05, 0.1) is 13.3 Å². The molecule has 0 spiro atoms. The molecule has 2 heterocycles. The average molecular weight is 473 g/mol. The number of nitrogens with zero attached hydrogens (tertiary/aromatic N) is 3. The summed E-state index contributed by atoms with van der Waals surface area (Å²) < 4.78 is 7.82. The molecule has 3 aromatic rings. The Morgan fingerprint density at radius 1 is 1.17 bits per heavy atom. The number of hydrogen-bond donors (Lipinski definition) is 1. The maximum Gasteiger partial charge on any atom is 0.271 e. The Morgan fingerprint density at radius 2 is 1.89 bits per heavy atom. The molecule has 1 N–H and O–H groups in total. The molecule has 1 amide bonds. The van der Waals surface area contributed by atoms with E-state index >= 15 is 0 Å². The normalized spacial score (nSPS) is 16.9. The monoisotopic (exact) mass is 472 g/mol. The van der Waals surface area contributed by atoms with Crippen molar-refractivity contribution in [1.29, 1.82) is 0 Å². The van der Waals surface area contributed by atoms with Gasteiger partial charge in [-0.25, -0.2) is 5.43 Å². The fourth-order valence-corrected chi connectivity index (χ4v) is 5.49. The molecule has 4 rings (SSSR count). The van der Waals surface area contributed by atoms with Gasteiger partial charge in [0, 0.05) is 52.0 Å². The van der Waals surface area contributed by atoms with Crippen LogP contribution in [0.25, 0.3) is 5.69 Å². The van der Waals surface area contributed by atoms with Gasteiger partial charge in [0.15, 0.2) is 0 Å². The number of hydrogen-bond acceptors (Lipinski definition) is 4. The summed E-state index contributed by atoms with van der Waals surface area (Å²) in [5, 5.41) is 4.27.